The molecule has 0 aliphatic carbocycles. The van der Waals surface area contributed by atoms with E-state index in [1.807, 2.05) is 61.5 Å². The van der Waals surface area contributed by atoms with E-state index in [1.54, 1.807) is 30.3 Å². The minimum atomic E-state index is -0.221. The fraction of sp³-hybridized carbons (Fsp3) is 0.0833. The molecule has 0 aliphatic heterocycles. The molecule has 140 valence electrons. The van der Waals surface area contributed by atoms with Crippen LogP contribution in [0.1, 0.15) is 27.0 Å². The Bertz CT molecular complexity index is 960. The van der Waals surface area contributed by atoms with Crippen molar-refractivity contribution in [1.82, 2.24) is 5.32 Å². The van der Waals surface area contributed by atoms with E-state index in [9.17, 15) is 9.59 Å². The molecule has 2 N–H and O–H groups in total. The van der Waals surface area contributed by atoms with Crippen molar-refractivity contribution in [3.05, 3.63) is 107 Å². The smallest absolute Gasteiger partial charge is 0.251 e. The SMILES string of the molecule is Cc1ccc(/C=C/C(=O)Nc2ccc(C(=O)NCc3ccccc3)cc2)cc1. The first-order chi connectivity index (χ1) is 13.6. The second kappa shape index (κ2) is 9.33. The van der Waals surface area contributed by atoms with Gasteiger partial charge in [0.05, 0.1) is 0 Å². The fourth-order valence-electron chi connectivity index (χ4n) is 2.62. The summed E-state index contributed by atoms with van der Waals surface area (Å²) >= 11 is 0. The van der Waals surface area contributed by atoms with Gasteiger partial charge in [-0.1, -0.05) is 60.2 Å². The van der Waals surface area contributed by atoms with E-state index < -0.39 is 0 Å². The van der Waals surface area contributed by atoms with Gasteiger partial charge in [0.15, 0.2) is 0 Å². The molecule has 0 fully saturated rings. The summed E-state index contributed by atoms with van der Waals surface area (Å²) in [5, 5.41) is 5.67. The van der Waals surface area contributed by atoms with E-state index in [0.717, 1.165) is 11.1 Å². The van der Waals surface area contributed by atoms with E-state index in [4.69, 9.17) is 0 Å². The van der Waals surface area contributed by atoms with Crippen molar-refractivity contribution in [3.8, 4) is 0 Å². The van der Waals surface area contributed by atoms with Crippen molar-refractivity contribution < 1.29 is 9.59 Å². The molecule has 0 aliphatic rings. The van der Waals surface area contributed by atoms with Crippen LogP contribution in [-0.4, -0.2) is 11.8 Å². The van der Waals surface area contributed by atoms with Crippen LogP contribution in [0.15, 0.2) is 84.9 Å². The molecular formula is C24H22N2O2. The van der Waals surface area contributed by atoms with Gasteiger partial charge < -0.3 is 10.6 Å². The Hall–Kier alpha value is -3.66. The monoisotopic (exact) mass is 370 g/mol. The molecule has 0 saturated heterocycles. The second-order valence-electron chi connectivity index (χ2n) is 6.48. The molecule has 2 amide bonds. The average molecular weight is 370 g/mol. The third kappa shape index (κ3) is 5.68. The summed E-state index contributed by atoms with van der Waals surface area (Å²) in [4.78, 5) is 24.3. The zero-order valence-corrected chi connectivity index (χ0v) is 15.7. The first-order valence-corrected chi connectivity index (χ1v) is 9.08. The van der Waals surface area contributed by atoms with Crippen molar-refractivity contribution in [2.45, 2.75) is 13.5 Å². The highest BCUT2D eigenvalue weighted by Crippen LogP contribution is 2.11. The zero-order chi connectivity index (χ0) is 19.8. The lowest BCUT2D eigenvalue weighted by molar-refractivity contribution is -0.111. The molecular weight excluding hydrogens is 348 g/mol. The summed E-state index contributed by atoms with van der Waals surface area (Å²) in [6.45, 7) is 2.49. The third-order valence-electron chi connectivity index (χ3n) is 4.22. The second-order valence-corrected chi connectivity index (χ2v) is 6.48. The molecule has 0 unspecified atom stereocenters. The molecule has 3 aromatic carbocycles. The number of carbonyl (C=O) groups is 2. The van der Waals surface area contributed by atoms with Crippen LogP contribution in [0.2, 0.25) is 0 Å². The van der Waals surface area contributed by atoms with E-state index in [-0.39, 0.29) is 11.8 Å². The van der Waals surface area contributed by atoms with Crippen molar-refractivity contribution in [1.29, 1.82) is 0 Å². The highest BCUT2D eigenvalue weighted by molar-refractivity contribution is 6.02. The maximum atomic E-state index is 12.2. The molecule has 0 aromatic heterocycles. The van der Waals surface area contributed by atoms with Gasteiger partial charge in [-0.25, -0.2) is 0 Å². The van der Waals surface area contributed by atoms with E-state index in [1.165, 1.54) is 11.6 Å². The van der Waals surface area contributed by atoms with Gasteiger partial charge in [-0.05, 0) is 48.4 Å². The quantitative estimate of drug-likeness (QED) is 0.624. The average Bonchev–Trinajstić information content (AvgIpc) is 2.73. The van der Waals surface area contributed by atoms with Gasteiger partial charge in [0, 0.05) is 23.9 Å². The maximum Gasteiger partial charge on any atom is 0.251 e. The molecule has 3 aromatic rings. The van der Waals surface area contributed by atoms with Gasteiger partial charge in [-0.3, -0.25) is 9.59 Å². The number of aryl methyl sites for hydroxylation is 1. The summed E-state index contributed by atoms with van der Waals surface area (Å²) in [5.41, 5.74) is 4.36. The van der Waals surface area contributed by atoms with Gasteiger partial charge in [-0.2, -0.15) is 0 Å². The number of rotatable bonds is 6. The molecule has 4 heteroatoms. The van der Waals surface area contributed by atoms with Crippen LogP contribution in [0.3, 0.4) is 0 Å². The standard InChI is InChI=1S/C24H22N2O2/c1-18-7-9-19(10-8-18)11-16-23(27)26-22-14-12-21(13-15-22)24(28)25-17-20-5-3-2-4-6-20/h2-16H,17H2,1H3,(H,25,28)(H,26,27)/b16-11+. The van der Waals surface area contributed by atoms with Gasteiger partial charge in [-0.15, -0.1) is 0 Å². The highest BCUT2D eigenvalue weighted by Gasteiger charge is 2.06. The maximum absolute atomic E-state index is 12.2. The Morgan fingerprint density at radius 2 is 1.54 bits per heavy atom. The minimum Gasteiger partial charge on any atom is -0.348 e. The van der Waals surface area contributed by atoms with Gasteiger partial charge >= 0.3 is 0 Å². The summed E-state index contributed by atoms with van der Waals surface area (Å²) in [5.74, 6) is -0.372. The lowest BCUT2D eigenvalue weighted by atomic mass is 10.1. The van der Waals surface area contributed by atoms with Crippen LogP contribution in [0, 0.1) is 6.92 Å². The summed E-state index contributed by atoms with van der Waals surface area (Å²) in [6.07, 6.45) is 3.26. The fourth-order valence-corrected chi connectivity index (χ4v) is 2.62. The number of benzene rings is 3. The van der Waals surface area contributed by atoms with Crippen molar-refractivity contribution >= 4 is 23.6 Å². The Morgan fingerprint density at radius 1 is 0.857 bits per heavy atom. The molecule has 0 heterocycles. The predicted octanol–water partition coefficient (Wildman–Crippen LogP) is 4.58. The normalized spacial score (nSPS) is 10.6. The van der Waals surface area contributed by atoms with E-state index >= 15 is 0 Å². The number of hydrogen-bond donors (Lipinski definition) is 2. The lowest BCUT2D eigenvalue weighted by Gasteiger charge is -2.07. The largest absolute Gasteiger partial charge is 0.348 e. The van der Waals surface area contributed by atoms with Crippen LogP contribution in [0.4, 0.5) is 5.69 Å². The zero-order valence-electron chi connectivity index (χ0n) is 15.7. The van der Waals surface area contributed by atoms with Crippen LogP contribution >= 0.6 is 0 Å². The third-order valence-corrected chi connectivity index (χ3v) is 4.22. The number of nitrogens with one attached hydrogen (secondary N) is 2. The molecule has 0 atom stereocenters. The topological polar surface area (TPSA) is 58.2 Å². The van der Waals surface area contributed by atoms with Gasteiger partial charge in [0.2, 0.25) is 5.91 Å². The summed E-state index contributed by atoms with van der Waals surface area (Å²) in [6, 6.07) is 24.5. The van der Waals surface area contributed by atoms with Crippen LogP contribution in [0.5, 0.6) is 0 Å². The number of anilines is 1. The number of carbonyl (C=O) groups excluding carboxylic acids is 2. The van der Waals surface area contributed by atoms with E-state index in [2.05, 4.69) is 10.6 Å². The molecule has 4 nitrogen and oxygen atoms in total. The minimum absolute atomic E-state index is 0.152. The molecule has 0 spiro atoms. The number of amides is 2. The molecule has 28 heavy (non-hydrogen) atoms. The first-order valence-electron chi connectivity index (χ1n) is 9.08. The summed E-state index contributed by atoms with van der Waals surface area (Å²) in [7, 11) is 0. The molecule has 0 bridgehead atoms. The lowest BCUT2D eigenvalue weighted by Crippen LogP contribution is -2.22. The Labute approximate surface area is 164 Å². The van der Waals surface area contributed by atoms with Gasteiger partial charge in [0.1, 0.15) is 0 Å². The Morgan fingerprint density at radius 3 is 2.21 bits per heavy atom. The highest BCUT2D eigenvalue weighted by atomic mass is 16.2. The predicted molar refractivity (Wildman–Crippen MR) is 113 cm³/mol. The van der Waals surface area contributed by atoms with E-state index in [0.29, 0.717) is 17.8 Å². The first kappa shape index (κ1) is 19.1. The molecule has 0 saturated carbocycles. The molecule has 3 rings (SSSR count). The van der Waals surface area contributed by atoms with Crippen molar-refractivity contribution in [3.63, 3.8) is 0 Å². The molecule has 0 radical (unpaired) electrons. The van der Waals surface area contributed by atoms with Crippen LogP contribution in [-0.2, 0) is 11.3 Å². The van der Waals surface area contributed by atoms with Crippen LogP contribution < -0.4 is 10.6 Å². The number of hydrogen-bond acceptors (Lipinski definition) is 2. The van der Waals surface area contributed by atoms with Crippen LogP contribution in [0.25, 0.3) is 6.08 Å². The Kier molecular flexibility index (Phi) is 6.37. The van der Waals surface area contributed by atoms with Crippen molar-refractivity contribution in [2.75, 3.05) is 5.32 Å². The van der Waals surface area contributed by atoms with Gasteiger partial charge in [0.25, 0.3) is 5.91 Å². The summed E-state index contributed by atoms with van der Waals surface area (Å²) < 4.78 is 0. The van der Waals surface area contributed by atoms with Crippen molar-refractivity contribution in [2.24, 2.45) is 0 Å². The Balaban J connectivity index is 1.52.